The maximum atomic E-state index is 3.33. The molecule has 2 fully saturated rings. The largest absolute Gasteiger partial charge is 0.319 e. The lowest BCUT2D eigenvalue weighted by Crippen LogP contribution is -2.48. The zero-order chi connectivity index (χ0) is 13.7. The predicted octanol–water partition coefficient (Wildman–Crippen LogP) is 2.04. The maximum absolute atomic E-state index is 3.33. The molecule has 0 aliphatic carbocycles. The van der Waals surface area contributed by atoms with Crippen molar-refractivity contribution in [3.05, 3.63) is 0 Å². The second kappa shape index (κ2) is 7.61. The molecule has 0 bridgehead atoms. The first-order valence-electron chi connectivity index (χ1n) is 8.30. The monoisotopic (exact) mass is 267 g/mol. The van der Waals surface area contributed by atoms with Crippen LogP contribution >= 0.6 is 0 Å². The van der Waals surface area contributed by atoms with Gasteiger partial charge in [-0.1, -0.05) is 13.8 Å². The fourth-order valence-corrected chi connectivity index (χ4v) is 3.79. The van der Waals surface area contributed by atoms with Gasteiger partial charge in [0.15, 0.2) is 0 Å². The van der Waals surface area contributed by atoms with E-state index in [0.717, 1.165) is 17.9 Å². The zero-order valence-electron chi connectivity index (χ0n) is 13.2. The molecular formula is C16H33N3. The Hall–Kier alpha value is -0.120. The molecule has 0 aromatic heterocycles. The van der Waals surface area contributed by atoms with E-state index in [1.165, 1.54) is 65.0 Å². The first kappa shape index (κ1) is 15.3. The first-order chi connectivity index (χ1) is 9.19. The molecule has 0 radical (unpaired) electrons. The van der Waals surface area contributed by atoms with Crippen molar-refractivity contribution in [3.63, 3.8) is 0 Å². The zero-order valence-corrected chi connectivity index (χ0v) is 13.2. The van der Waals surface area contributed by atoms with Gasteiger partial charge in [-0.25, -0.2) is 0 Å². The van der Waals surface area contributed by atoms with Gasteiger partial charge in [0, 0.05) is 12.6 Å². The van der Waals surface area contributed by atoms with E-state index in [9.17, 15) is 0 Å². The second-order valence-electron chi connectivity index (χ2n) is 6.96. The lowest BCUT2D eigenvalue weighted by Gasteiger charge is -2.42. The molecule has 3 nitrogen and oxygen atoms in total. The van der Waals surface area contributed by atoms with Crippen molar-refractivity contribution in [1.29, 1.82) is 0 Å². The number of likely N-dealkylation sites (tertiary alicyclic amines) is 2. The van der Waals surface area contributed by atoms with Crippen LogP contribution < -0.4 is 5.32 Å². The molecule has 3 heteroatoms. The van der Waals surface area contributed by atoms with Crippen LogP contribution in [0.1, 0.15) is 39.5 Å². The summed E-state index contributed by atoms with van der Waals surface area (Å²) in [6, 6.07) is 0.874. The Bertz CT molecular complexity index is 238. The lowest BCUT2D eigenvalue weighted by molar-refractivity contribution is 0.0740. The summed E-state index contributed by atoms with van der Waals surface area (Å²) in [4.78, 5) is 5.44. The predicted molar refractivity (Wildman–Crippen MR) is 82.5 cm³/mol. The van der Waals surface area contributed by atoms with Crippen LogP contribution in [0.4, 0.5) is 0 Å². The van der Waals surface area contributed by atoms with Crippen molar-refractivity contribution < 1.29 is 0 Å². The fourth-order valence-electron chi connectivity index (χ4n) is 3.79. The molecule has 0 unspecified atom stereocenters. The third kappa shape index (κ3) is 4.73. The van der Waals surface area contributed by atoms with E-state index in [0.29, 0.717) is 0 Å². The number of nitrogens with zero attached hydrogens (tertiary/aromatic N) is 2. The van der Waals surface area contributed by atoms with E-state index in [-0.39, 0.29) is 0 Å². The molecule has 0 aromatic carbocycles. The molecule has 0 aromatic rings. The first-order valence-corrected chi connectivity index (χ1v) is 8.30. The van der Waals surface area contributed by atoms with E-state index in [1.807, 2.05) is 0 Å². The Morgan fingerprint density at radius 2 is 1.63 bits per heavy atom. The molecule has 0 amide bonds. The third-order valence-corrected chi connectivity index (χ3v) is 4.84. The molecule has 2 saturated heterocycles. The number of rotatable bonds is 5. The minimum atomic E-state index is 0.814. The highest BCUT2D eigenvalue weighted by atomic mass is 15.2. The number of hydrogen-bond donors (Lipinski definition) is 1. The Balaban J connectivity index is 1.68. The smallest absolute Gasteiger partial charge is 0.0120 e. The van der Waals surface area contributed by atoms with Crippen LogP contribution in [0.5, 0.6) is 0 Å². The highest BCUT2D eigenvalue weighted by Crippen LogP contribution is 2.23. The van der Waals surface area contributed by atoms with Gasteiger partial charge in [0.2, 0.25) is 0 Å². The van der Waals surface area contributed by atoms with Gasteiger partial charge in [-0.2, -0.15) is 0 Å². The summed E-state index contributed by atoms with van der Waals surface area (Å²) in [7, 11) is 2.08. The average molecular weight is 267 g/mol. The van der Waals surface area contributed by atoms with E-state index >= 15 is 0 Å². The summed E-state index contributed by atoms with van der Waals surface area (Å²) in [5.41, 5.74) is 0. The van der Waals surface area contributed by atoms with Crippen LogP contribution in [-0.2, 0) is 0 Å². The Morgan fingerprint density at radius 3 is 2.16 bits per heavy atom. The van der Waals surface area contributed by atoms with Crippen molar-refractivity contribution in [2.24, 2.45) is 11.8 Å². The molecule has 0 spiro atoms. The summed E-state index contributed by atoms with van der Waals surface area (Å²) < 4.78 is 0. The summed E-state index contributed by atoms with van der Waals surface area (Å²) >= 11 is 0. The van der Waals surface area contributed by atoms with Gasteiger partial charge < -0.3 is 15.1 Å². The summed E-state index contributed by atoms with van der Waals surface area (Å²) in [5.74, 6) is 1.73. The van der Waals surface area contributed by atoms with E-state index in [4.69, 9.17) is 0 Å². The van der Waals surface area contributed by atoms with Gasteiger partial charge in [-0.05, 0) is 77.3 Å². The van der Waals surface area contributed by atoms with Crippen molar-refractivity contribution in [2.45, 2.75) is 45.6 Å². The van der Waals surface area contributed by atoms with Gasteiger partial charge >= 0.3 is 0 Å². The van der Waals surface area contributed by atoms with Gasteiger partial charge in [0.25, 0.3) is 0 Å². The molecule has 1 N–H and O–H groups in total. The van der Waals surface area contributed by atoms with Gasteiger partial charge in [-0.3, -0.25) is 0 Å². The Kier molecular flexibility index (Phi) is 6.11. The number of nitrogens with one attached hydrogen (secondary N) is 1. The molecule has 0 saturated carbocycles. The summed E-state index contributed by atoms with van der Waals surface area (Å²) in [6.07, 6.45) is 5.58. The maximum Gasteiger partial charge on any atom is 0.0120 e. The Labute approximate surface area is 119 Å². The second-order valence-corrected chi connectivity index (χ2v) is 6.96. The standard InChI is InChI=1S/C16H33N3/c1-14(2)13-18-8-6-16(7-9-18)19-10-4-15(5-11-19)12-17-3/h14-17H,4-13H2,1-3H3. The van der Waals surface area contributed by atoms with E-state index in [2.05, 4.69) is 36.0 Å². The van der Waals surface area contributed by atoms with Gasteiger partial charge in [0.05, 0.1) is 0 Å². The van der Waals surface area contributed by atoms with Crippen LogP contribution in [-0.4, -0.2) is 62.2 Å². The summed E-state index contributed by atoms with van der Waals surface area (Å²) in [6.45, 7) is 12.5. The average Bonchev–Trinajstić information content (AvgIpc) is 2.40. The van der Waals surface area contributed by atoms with Crippen molar-refractivity contribution >= 4 is 0 Å². The van der Waals surface area contributed by atoms with Crippen LogP contribution in [0, 0.1) is 11.8 Å². The SMILES string of the molecule is CNCC1CCN(C2CCN(CC(C)C)CC2)CC1. The van der Waals surface area contributed by atoms with Crippen LogP contribution in [0.15, 0.2) is 0 Å². The molecular weight excluding hydrogens is 234 g/mol. The van der Waals surface area contributed by atoms with Gasteiger partial charge in [0.1, 0.15) is 0 Å². The quantitative estimate of drug-likeness (QED) is 0.822. The van der Waals surface area contributed by atoms with Crippen molar-refractivity contribution in [3.8, 4) is 0 Å². The molecule has 0 atom stereocenters. The normalized spacial score (nSPS) is 25.3. The minimum absolute atomic E-state index is 0.814. The van der Waals surface area contributed by atoms with E-state index < -0.39 is 0 Å². The molecule has 2 rings (SSSR count). The van der Waals surface area contributed by atoms with Crippen LogP contribution in [0.3, 0.4) is 0 Å². The third-order valence-electron chi connectivity index (χ3n) is 4.84. The van der Waals surface area contributed by atoms with Crippen LogP contribution in [0.2, 0.25) is 0 Å². The molecule has 2 aliphatic rings. The topological polar surface area (TPSA) is 18.5 Å². The minimum Gasteiger partial charge on any atom is -0.319 e. The highest BCUT2D eigenvalue weighted by molar-refractivity contribution is 4.83. The fraction of sp³-hybridized carbons (Fsp3) is 1.00. The molecule has 2 heterocycles. The van der Waals surface area contributed by atoms with E-state index in [1.54, 1.807) is 0 Å². The molecule has 2 aliphatic heterocycles. The van der Waals surface area contributed by atoms with Crippen LogP contribution in [0.25, 0.3) is 0 Å². The number of piperidine rings is 2. The van der Waals surface area contributed by atoms with Gasteiger partial charge in [-0.15, -0.1) is 0 Å². The van der Waals surface area contributed by atoms with Crippen molar-refractivity contribution in [1.82, 2.24) is 15.1 Å². The highest BCUT2D eigenvalue weighted by Gasteiger charge is 2.27. The molecule has 112 valence electrons. The van der Waals surface area contributed by atoms with Crippen molar-refractivity contribution in [2.75, 3.05) is 46.3 Å². The summed E-state index contributed by atoms with van der Waals surface area (Å²) in [5, 5.41) is 3.33. The molecule has 19 heavy (non-hydrogen) atoms. The lowest BCUT2D eigenvalue weighted by atomic mass is 9.93. The Morgan fingerprint density at radius 1 is 1.00 bits per heavy atom. The number of hydrogen-bond acceptors (Lipinski definition) is 3.